The second-order valence-electron chi connectivity index (χ2n) is 5.41. The van der Waals surface area contributed by atoms with Crippen LogP contribution in [0.1, 0.15) is 18.1 Å². The van der Waals surface area contributed by atoms with Crippen molar-refractivity contribution in [3.63, 3.8) is 0 Å². The zero-order chi connectivity index (χ0) is 15.7. The van der Waals surface area contributed by atoms with Gasteiger partial charge in [0.2, 0.25) is 0 Å². The number of nitrogens with one attached hydrogen (secondary N) is 1. The minimum absolute atomic E-state index is 0.00785. The molecule has 0 unspecified atom stereocenters. The SMILES string of the molecule is CC(=O)/C=C/c1c(-c2ccc(F)cc2)[nH]c2cc(C)ccc12. The molecule has 1 heterocycles. The number of carbonyl (C=O) groups excluding carboxylic acids is 1. The Labute approximate surface area is 128 Å². The minimum atomic E-state index is -0.267. The molecule has 3 aromatic rings. The van der Waals surface area contributed by atoms with Crippen molar-refractivity contribution in [1.82, 2.24) is 4.98 Å². The first kappa shape index (κ1) is 14.3. The van der Waals surface area contributed by atoms with Gasteiger partial charge in [-0.2, -0.15) is 0 Å². The number of aryl methyl sites for hydroxylation is 1. The highest BCUT2D eigenvalue weighted by atomic mass is 19.1. The van der Waals surface area contributed by atoms with Crippen molar-refractivity contribution in [3.8, 4) is 11.3 Å². The Bertz CT molecular complexity index is 872. The number of carbonyl (C=O) groups is 1. The summed E-state index contributed by atoms with van der Waals surface area (Å²) in [6, 6.07) is 12.5. The molecule has 0 saturated carbocycles. The van der Waals surface area contributed by atoms with Gasteiger partial charge in [-0.05, 0) is 67.5 Å². The lowest BCUT2D eigenvalue weighted by Crippen LogP contribution is -1.84. The second kappa shape index (κ2) is 5.60. The molecule has 2 nitrogen and oxygen atoms in total. The van der Waals surface area contributed by atoms with Crippen LogP contribution in [0.3, 0.4) is 0 Å². The maximum Gasteiger partial charge on any atom is 0.152 e. The van der Waals surface area contributed by atoms with E-state index in [1.54, 1.807) is 18.2 Å². The fourth-order valence-corrected chi connectivity index (χ4v) is 2.55. The molecule has 3 rings (SSSR count). The van der Waals surface area contributed by atoms with Crippen molar-refractivity contribution in [3.05, 3.63) is 65.5 Å². The molecule has 0 aliphatic carbocycles. The van der Waals surface area contributed by atoms with E-state index in [1.807, 2.05) is 25.1 Å². The van der Waals surface area contributed by atoms with Gasteiger partial charge in [-0.1, -0.05) is 12.1 Å². The molecule has 0 bridgehead atoms. The first-order chi connectivity index (χ1) is 10.5. The Hall–Kier alpha value is -2.68. The zero-order valence-corrected chi connectivity index (χ0v) is 12.5. The molecule has 2 aromatic carbocycles. The number of fused-ring (bicyclic) bond motifs is 1. The van der Waals surface area contributed by atoms with Gasteiger partial charge in [0.25, 0.3) is 0 Å². The van der Waals surface area contributed by atoms with E-state index in [4.69, 9.17) is 0 Å². The smallest absolute Gasteiger partial charge is 0.152 e. The van der Waals surface area contributed by atoms with Crippen molar-refractivity contribution < 1.29 is 9.18 Å². The third-order valence-electron chi connectivity index (χ3n) is 3.61. The van der Waals surface area contributed by atoms with E-state index in [9.17, 15) is 9.18 Å². The molecule has 0 amide bonds. The number of hydrogen-bond acceptors (Lipinski definition) is 1. The van der Waals surface area contributed by atoms with Gasteiger partial charge < -0.3 is 4.98 Å². The molecule has 0 spiro atoms. The van der Waals surface area contributed by atoms with Crippen LogP contribution in [0.2, 0.25) is 0 Å². The van der Waals surface area contributed by atoms with Crippen molar-refractivity contribution in [2.45, 2.75) is 13.8 Å². The maximum absolute atomic E-state index is 13.1. The van der Waals surface area contributed by atoms with Crippen LogP contribution in [0.4, 0.5) is 4.39 Å². The third kappa shape index (κ3) is 2.70. The van der Waals surface area contributed by atoms with E-state index in [0.717, 1.165) is 33.3 Å². The lowest BCUT2D eigenvalue weighted by atomic mass is 10.0. The van der Waals surface area contributed by atoms with E-state index in [-0.39, 0.29) is 11.6 Å². The molecule has 0 fully saturated rings. The first-order valence-corrected chi connectivity index (χ1v) is 7.11. The number of hydrogen-bond donors (Lipinski definition) is 1. The number of halogens is 1. The number of aromatic nitrogens is 1. The fourth-order valence-electron chi connectivity index (χ4n) is 2.55. The summed E-state index contributed by atoms with van der Waals surface area (Å²) in [5.41, 5.74) is 4.87. The van der Waals surface area contributed by atoms with Gasteiger partial charge in [0.05, 0.1) is 5.69 Å². The van der Waals surface area contributed by atoms with Crippen molar-refractivity contribution in [2.24, 2.45) is 0 Å². The molecule has 0 radical (unpaired) electrons. The van der Waals surface area contributed by atoms with Gasteiger partial charge in [0.1, 0.15) is 5.82 Å². The number of allylic oxidation sites excluding steroid dienone is 1. The van der Waals surface area contributed by atoms with E-state index in [2.05, 4.69) is 11.1 Å². The molecule has 0 saturated heterocycles. The van der Waals surface area contributed by atoms with Crippen molar-refractivity contribution in [1.29, 1.82) is 0 Å². The summed E-state index contributed by atoms with van der Waals surface area (Å²) in [7, 11) is 0. The summed E-state index contributed by atoms with van der Waals surface area (Å²) in [5, 5.41) is 1.04. The van der Waals surface area contributed by atoms with Crippen LogP contribution in [0, 0.1) is 12.7 Å². The Morgan fingerprint density at radius 3 is 2.55 bits per heavy atom. The van der Waals surface area contributed by atoms with Crippen LogP contribution in [-0.4, -0.2) is 10.8 Å². The molecule has 1 N–H and O–H groups in total. The van der Waals surface area contributed by atoms with Gasteiger partial charge in [-0.15, -0.1) is 0 Å². The standard InChI is InChI=1S/C19H16FNO/c1-12-3-9-16-17(10-4-13(2)22)19(21-18(16)11-12)14-5-7-15(20)8-6-14/h3-11,21H,1-2H3/b10-4+. The highest BCUT2D eigenvalue weighted by Gasteiger charge is 2.11. The minimum Gasteiger partial charge on any atom is -0.354 e. The fraction of sp³-hybridized carbons (Fsp3) is 0.105. The van der Waals surface area contributed by atoms with Crippen LogP contribution in [-0.2, 0) is 4.79 Å². The van der Waals surface area contributed by atoms with Gasteiger partial charge in [-0.3, -0.25) is 4.79 Å². The number of ketones is 1. The number of aromatic amines is 1. The largest absolute Gasteiger partial charge is 0.354 e. The molecule has 3 heteroatoms. The van der Waals surface area contributed by atoms with E-state index >= 15 is 0 Å². The predicted octanol–water partition coefficient (Wildman–Crippen LogP) is 4.88. The Balaban J connectivity index is 2.25. The van der Waals surface area contributed by atoms with Crippen molar-refractivity contribution in [2.75, 3.05) is 0 Å². The molecule has 110 valence electrons. The van der Waals surface area contributed by atoms with Gasteiger partial charge in [-0.25, -0.2) is 4.39 Å². The average molecular weight is 293 g/mol. The summed E-state index contributed by atoms with van der Waals surface area (Å²) in [5.74, 6) is -0.275. The topological polar surface area (TPSA) is 32.9 Å². The maximum atomic E-state index is 13.1. The lowest BCUT2D eigenvalue weighted by molar-refractivity contribution is -0.112. The molecule has 0 atom stereocenters. The van der Waals surface area contributed by atoms with Gasteiger partial charge in [0, 0.05) is 16.5 Å². The Kier molecular flexibility index (Phi) is 3.63. The van der Waals surface area contributed by atoms with Crippen LogP contribution >= 0.6 is 0 Å². The van der Waals surface area contributed by atoms with E-state index in [1.165, 1.54) is 19.1 Å². The Morgan fingerprint density at radius 2 is 1.86 bits per heavy atom. The average Bonchev–Trinajstić information content (AvgIpc) is 2.83. The number of rotatable bonds is 3. The Morgan fingerprint density at radius 1 is 1.14 bits per heavy atom. The molecular weight excluding hydrogens is 277 g/mol. The summed E-state index contributed by atoms with van der Waals surface area (Å²) in [6.45, 7) is 3.55. The summed E-state index contributed by atoms with van der Waals surface area (Å²) in [4.78, 5) is 14.7. The number of H-pyrrole nitrogens is 1. The zero-order valence-electron chi connectivity index (χ0n) is 12.5. The number of benzene rings is 2. The lowest BCUT2D eigenvalue weighted by Gasteiger charge is -2.01. The normalized spacial score (nSPS) is 11.4. The van der Waals surface area contributed by atoms with Crippen LogP contribution < -0.4 is 0 Å². The van der Waals surface area contributed by atoms with Gasteiger partial charge >= 0.3 is 0 Å². The van der Waals surface area contributed by atoms with Crippen molar-refractivity contribution >= 4 is 22.8 Å². The second-order valence-corrected chi connectivity index (χ2v) is 5.41. The molecule has 1 aromatic heterocycles. The highest BCUT2D eigenvalue weighted by molar-refractivity contribution is 6.00. The summed E-state index contributed by atoms with van der Waals surface area (Å²) in [6.07, 6.45) is 3.37. The highest BCUT2D eigenvalue weighted by Crippen LogP contribution is 2.32. The van der Waals surface area contributed by atoms with Crippen LogP contribution in [0.15, 0.2) is 48.5 Å². The van der Waals surface area contributed by atoms with E-state index in [0.29, 0.717) is 0 Å². The predicted molar refractivity (Wildman–Crippen MR) is 88.1 cm³/mol. The third-order valence-corrected chi connectivity index (χ3v) is 3.61. The van der Waals surface area contributed by atoms with Crippen LogP contribution in [0.5, 0.6) is 0 Å². The molecular formula is C19H16FNO. The quantitative estimate of drug-likeness (QED) is 0.686. The monoisotopic (exact) mass is 293 g/mol. The molecule has 0 aliphatic rings. The molecule has 0 aliphatic heterocycles. The van der Waals surface area contributed by atoms with E-state index < -0.39 is 0 Å². The summed E-state index contributed by atoms with van der Waals surface area (Å²) >= 11 is 0. The molecule has 22 heavy (non-hydrogen) atoms. The van der Waals surface area contributed by atoms with Crippen LogP contribution in [0.25, 0.3) is 28.2 Å². The van der Waals surface area contributed by atoms with Gasteiger partial charge in [0.15, 0.2) is 5.78 Å². The summed E-state index contributed by atoms with van der Waals surface area (Å²) < 4.78 is 13.1. The first-order valence-electron chi connectivity index (χ1n) is 7.11.